The van der Waals surface area contributed by atoms with Gasteiger partial charge in [0, 0.05) is 38.3 Å². The normalized spacial score (nSPS) is 28.3. The van der Waals surface area contributed by atoms with Crippen LogP contribution in [-0.2, 0) is 4.74 Å². The summed E-state index contributed by atoms with van der Waals surface area (Å²) in [7, 11) is 0. The van der Waals surface area contributed by atoms with E-state index in [2.05, 4.69) is 51.8 Å². The molecule has 0 aromatic carbocycles. The lowest BCUT2D eigenvalue weighted by Crippen LogP contribution is -2.61. The zero-order valence-electron chi connectivity index (χ0n) is 13.1. The van der Waals surface area contributed by atoms with Crippen molar-refractivity contribution in [3.05, 3.63) is 0 Å². The first-order chi connectivity index (χ1) is 8.38. The predicted molar refractivity (Wildman–Crippen MR) is 78.0 cm³/mol. The molecule has 0 spiro atoms. The van der Waals surface area contributed by atoms with E-state index < -0.39 is 0 Å². The Morgan fingerprint density at radius 2 is 2.00 bits per heavy atom. The van der Waals surface area contributed by atoms with Gasteiger partial charge in [0.25, 0.3) is 0 Å². The monoisotopic (exact) mass is 256 g/mol. The van der Waals surface area contributed by atoms with Crippen molar-refractivity contribution in [1.82, 2.24) is 10.2 Å². The van der Waals surface area contributed by atoms with Crippen LogP contribution in [0.25, 0.3) is 0 Å². The van der Waals surface area contributed by atoms with Crippen molar-refractivity contribution in [2.24, 2.45) is 5.41 Å². The summed E-state index contributed by atoms with van der Waals surface area (Å²) in [6, 6.07) is 1.24. The molecule has 1 rings (SSSR count). The molecule has 1 aliphatic rings. The molecule has 0 saturated carbocycles. The Hall–Kier alpha value is -0.120. The average molecular weight is 256 g/mol. The molecule has 3 atom stereocenters. The maximum atomic E-state index is 5.70. The van der Waals surface area contributed by atoms with Gasteiger partial charge in [-0.15, -0.1) is 0 Å². The van der Waals surface area contributed by atoms with E-state index >= 15 is 0 Å². The van der Waals surface area contributed by atoms with E-state index in [4.69, 9.17) is 4.74 Å². The van der Waals surface area contributed by atoms with Crippen LogP contribution in [0.1, 0.15) is 48.0 Å². The van der Waals surface area contributed by atoms with E-state index in [0.717, 1.165) is 26.2 Å². The third-order valence-electron chi connectivity index (χ3n) is 3.99. The van der Waals surface area contributed by atoms with Crippen LogP contribution in [0.15, 0.2) is 0 Å². The molecule has 1 heterocycles. The second kappa shape index (κ2) is 6.88. The maximum absolute atomic E-state index is 5.70. The van der Waals surface area contributed by atoms with Crippen LogP contribution in [0.2, 0.25) is 0 Å². The van der Waals surface area contributed by atoms with Crippen molar-refractivity contribution in [3.63, 3.8) is 0 Å². The summed E-state index contributed by atoms with van der Waals surface area (Å²) in [6.45, 7) is 17.6. The zero-order valence-corrected chi connectivity index (χ0v) is 13.1. The van der Waals surface area contributed by atoms with Crippen LogP contribution < -0.4 is 5.32 Å². The van der Waals surface area contributed by atoms with Crippen molar-refractivity contribution < 1.29 is 4.74 Å². The molecule has 1 fully saturated rings. The number of hydrogen-bond acceptors (Lipinski definition) is 3. The van der Waals surface area contributed by atoms with E-state index in [1.165, 1.54) is 6.42 Å². The standard InChI is InChI=1S/C15H32N2O/c1-7-13-9-16-14(15(4,5)6)11-17(13)10-12(3)18-8-2/h12-14,16H,7-11H2,1-6H3. The molecule has 0 radical (unpaired) electrons. The van der Waals surface area contributed by atoms with Gasteiger partial charge >= 0.3 is 0 Å². The fourth-order valence-electron chi connectivity index (χ4n) is 2.73. The first-order valence-electron chi connectivity index (χ1n) is 7.47. The van der Waals surface area contributed by atoms with Gasteiger partial charge in [-0.25, -0.2) is 0 Å². The van der Waals surface area contributed by atoms with E-state index in [1.54, 1.807) is 0 Å². The topological polar surface area (TPSA) is 24.5 Å². The minimum atomic E-state index is 0.325. The molecule has 0 aliphatic carbocycles. The Labute approximate surface area is 113 Å². The van der Waals surface area contributed by atoms with Gasteiger partial charge < -0.3 is 10.1 Å². The van der Waals surface area contributed by atoms with Gasteiger partial charge in [0.1, 0.15) is 0 Å². The highest BCUT2D eigenvalue weighted by molar-refractivity contribution is 4.91. The van der Waals surface area contributed by atoms with E-state index in [9.17, 15) is 0 Å². The third-order valence-corrected chi connectivity index (χ3v) is 3.99. The molecule has 3 heteroatoms. The Bertz CT molecular complexity index is 237. The molecule has 108 valence electrons. The van der Waals surface area contributed by atoms with E-state index in [0.29, 0.717) is 23.6 Å². The second-order valence-corrected chi connectivity index (χ2v) is 6.61. The summed E-state index contributed by atoms with van der Waals surface area (Å²) in [5.41, 5.74) is 0.325. The number of hydrogen-bond donors (Lipinski definition) is 1. The van der Waals surface area contributed by atoms with Crippen LogP contribution in [0.5, 0.6) is 0 Å². The number of nitrogens with zero attached hydrogens (tertiary/aromatic N) is 1. The van der Waals surface area contributed by atoms with Gasteiger partial charge in [-0.1, -0.05) is 27.7 Å². The Kier molecular flexibility index (Phi) is 6.09. The summed E-state index contributed by atoms with van der Waals surface area (Å²) >= 11 is 0. The number of piperazine rings is 1. The number of nitrogens with one attached hydrogen (secondary N) is 1. The highest BCUT2D eigenvalue weighted by atomic mass is 16.5. The van der Waals surface area contributed by atoms with Crippen LogP contribution in [0.3, 0.4) is 0 Å². The fraction of sp³-hybridized carbons (Fsp3) is 1.00. The summed E-state index contributed by atoms with van der Waals surface area (Å²) in [5.74, 6) is 0. The average Bonchev–Trinajstić information content (AvgIpc) is 2.28. The molecule has 0 aromatic heterocycles. The Balaban J connectivity index is 2.59. The van der Waals surface area contributed by atoms with Gasteiger partial charge in [-0.2, -0.15) is 0 Å². The van der Waals surface area contributed by atoms with E-state index in [-0.39, 0.29) is 0 Å². The van der Waals surface area contributed by atoms with Gasteiger partial charge in [-0.05, 0) is 25.7 Å². The molecule has 18 heavy (non-hydrogen) atoms. The highest BCUT2D eigenvalue weighted by Crippen LogP contribution is 2.24. The minimum Gasteiger partial charge on any atom is -0.377 e. The van der Waals surface area contributed by atoms with Crippen molar-refractivity contribution >= 4 is 0 Å². The molecule has 1 N–H and O–H groups in total. The maximum Gasteiger partial charge on any atom is 0.0673 e. The van der Waals surface area contributed by atoms with Gasteiger partial charge in [0.15, 0.2) is 0 Å². The fourth-order valence-corrected chi connectivity index (χ4v) is 2.73. The van der Waals surface area contributed by atoms with Crippen molar-refractivity contribution in [1.29, 1.82) is 0 Å². The summed E-state index contributed by atoms with van der Waals surface area (Å²) in [4.78, 5) is 2.62. The number of ether oxygens (including phenoxy) is 1. The van der Waals surface area contributed by atoms with Crippen molar-refractivity contribution in [2.45, 2.75) is 66.2 Å². The smallest absolute Gasteiger partial charge is 0.0673 e. The summed E-state index contributed by atoms with van der Waals surface area (Å²) in [6.07, 6.45) is 1.55. The lowest BCUT2D eigenvalue weighted by molar-refractivity contribution is 0.00877. The van der Waals surface area contributed by atoms with Gasteiger partial charge in [0.2, 0.25) is 0 Å². The van der Waals surface area contributed by atoms with Crippen molar-refractivity contribution in [2.75, 3.05) is 26.2 Å². The first-order valence-corrected chi connectivity index (χ1v) is 7.47. The largest absolute Gasteiger partial charge is 0.377 e. The molecular formula is C15H32N2O. The second-order valence-electron chi connectivity index (χ2n) is 6.61. The van der Waals surface area contributed by atoms with Gasteiger partial charge in [-0.3, -0.25) is 4.90 Å². The van der Waals surface area contributed by atoms with Crippen LogP contribution in [0, 0.1) is 5.41 Å². The van der Waals surface area contributed by atoms with Crippen LogP contribution in [-0.4, -0.2) is 49.3 Å². The minimum absolute atomic E-state index is 0.325. The third kappa shape index (κ3) is 4.52. The number of rotatable bonds is 5. The summed E-state index contributed by atoms with van der Waals surface area (Å²) in [5, 5.41) is 3.71. The SMILES string of the molecule is CCOC(C)CN1CC(C(C)(C)C)NCC1CC. The first kappa shape index (κ1) is 15.9. The molecule has 3 unspecified atom stereocenters. The quantitative estimate of drug-likeness (QED) is 0.818. The zero-order chi connectivity index (χ0) is 13.8. The molecule has 1 saturated heterocycles. The molecule has 0 aromatic rings. The molecular weight excluding hydrogens is 224 g/mol. The Morgan fingerprint density at radius 3 is 2.50 bits per heavy atom. The molecule has 1 aliphatic heterocycles. The van der Waals surface area contributed by atoms with Crippen LogP contribution >= 0.6 is 0 Å². The predicted octanol–water partition coefficient (Wildman–Crippen LogP) is 2.51. The lowest BCUT2D eigenvalue weighted by Gasteiger charge is -2.45. The van der Waals surface area contributed by atoms with Crippen LogP contribution in [0.4, 0.5) is 0 Å². The molecule has 0 bridgehead atoms. The Morgan fingerprint density at radius 1 is 1.33 bits per heavy atom. The van der Waals surface area contributed by atoms with Crippen molar-refractivity contribution in [3.8, 4) is 0 Å². The molecule has 3 nitrogen and oxygen atoms in total. The van der Waals surface area contributed by atoms with Gasteiger partial charge in [0.05, 0.1) is 6.10 Å². The highest BCUT2D eigenvalue weighted by Gasteiger charge is 2.33. The summed E-state index contributed by atoms with van der Waals surface area (Å²) < 4.78 is 5.70. The lowest BCUT2D eigenvalue weighted by atomic mass is 9.84. The molecule has 0 amide bonds. The van der Waals surface area contributed by atoms with E-state index in [1.807, 2.05) is 0 Å².